The van der Waals surface area contributed by atoms with E-state index in [9.17, 15) is 18.0 Å². The Morgan fingerprint density at radius 1 is 1.09 bits per heavy atom. The minimum absolute atomic E-state index is 0.0164. The van der Waals surface area contributed by atoms with E-state index in [4.69, 9.17) is 17.3 Å². The number of hydrogen-bond acceptors (Lipinski definition) is 4. The van der Waals surface area contributed by atoms with Crippen LogP contribution in [-0.2, 0) is 12.7 Å². The van der Waals surface area contributed by atoms with Gasteiger partial charge in [-0.3, -0.25) is 14.6 Å². The highest BCUT2D eigenvalue weighted by Gasteiger charge is 2.40. The predicted molar refractivity (Wildman–Crippen MR) is 132 cm³/mol. The molecule has 190 valence electrons. The predicted octanol–water partition coefficient (Wildman–Crippen LogP) is 5.14. The zero-order valence-electron chi connectivity index (χ0n) is 20.1. The van der Waals surface area contributed by atoms with Gasteiger partial charge in [0.2, 0.25) is 0 Å². The zero-order chi connectivity index (χ0) is 25.4. The lowest BCUT2D eigenvalue weighted by Crippen LogP contribution is -2.61. The van der Waals surface area contributed by atoms with Gasteiger partial charge in [0, 0.05) is 56.5 Å². The maximum Gasteiger partial charge on any atom is 0.416 e. The summed E-state index contributed by atoms with van der Waals surface area (Å²) in [5.74, 6) is -0.120. The number of halogens is 4. The number of rotatable bonds is 4. The minimum atomic E-state index is -4.31. The number of hydrogen-bond donors (Lipinski definition) is 1. The van der Waals surface area contributed by atoms with Crippen LogP contribution in [0.5, 0.6) is 0 Å². The zero-order valence-corrected chi connectivity index (χ0v) is 20.9. The molecule has 2 aromatic carbocycles. The van der Waals surface area contributed by atoms with Crippen LogP contribution in [-0.4, -0.2) is 64.9 Å². The Labute approximate surface area is 209 Å². The first kappa shape index (κ1) is 25.8. The molecule has 2 aliphatic heterocycles. The molecule has 0 bridgehead atoms. The summed E-state index contributed by atoms with van der Waals surface area (Å²) in [6.45, 7) is 8.94. The highest BCUT2D eigenvalue weighted by molar-refractivity contribution is 6.34. The fourth-order valence-corrected chi connectivity index (χ4v) is 5.45. The number of alkyl halides is 3. The van der Waals surface area contributed by atoms with E-state index in [1.807, 2.05) is 4.90 Å². The molecular weight excluding hydrogens is 477 g/mol. The van der Waals surface area contributed by atoms with Gasteiger partial charge >= 0.3 is 6.18 Å². The molecular formula is C26H32ClF3N4O. The molecule has 35 heavy (non-hydrogen) atoms. The van der Waals surface area contributed by atoms with Gasteiger partial charge in [-0.05, 0) is 56.5 Å². The third-order valence-electron chi connectivity index (χ3n) is 7.58. The molecule has 0 saturated carbocycles. The number of carbonyl (C=O) groups excluding carboxylic acids is 1. The van der Waals surface area contributed by atoms with Crippen molar-refractivity contribution >= 4 is 23.2 Å². The Kier molecular flexibility index (Phi) is 7.36. The summed E-state index contributed by atoms with van der Waals surface area (Å²) in [7, 11) is 0. The molecule has 2 saturated heterocycles. The number of nitrogens with zero attached hydrogens (tertiary/aromatic N) is 3. The molecule has 9 heteroatoms. The Balaban J connectivity index is 1.33. The van der Waals surface area contributed by atoms with Crippen molar-refractivity contribution in [3.05, 3.63) is 64.2 Å². The monoisotopic (exact) mass is 508 g/mol. The second-order valence-electron chi connectivity index (χ2n) is 9.95. The molecule has 0 aromatic heterocycles. The molecule has 0 unspecified atom stereocenters. The van der Waals surface area contributed by atoms with Gasteiger partial charge in [-0.2, -0.15) is 13.2 Å². The van der Waals surface area contributed by atoms with Crippen LogP contribution < -0.4 is 5.73 Å². The molecule has 2 N–H and O–H groups in total. The van der Waals surface area contributed by atoms with Crippen molar-refractivity contribution in [3.8, 4) is 0 Å². The Morgan fingerprint density at radius 2 is 1.74 bits per heavy atom. The van der Waals surface area contributed by atoms with Gasteiger partial charge in [0.25, 0.3) is 5.91 Å². The molecule has 2 heterocycles. The number of nitrogens with two attached hydrogens (primary N) is 1. The van der Waals surface area contributed by atoms with E-state index in [2.05, 4.69) is 23.6 Å². The van der Waals surface area contributed by atoms with Gasteiger partial charge in [0.15, 0.2) is 0 Å². The van der Waals surface area contributed by atoms with Gasteiger partial charge in [0.05, 0.1) is 16.1 Å². The molecule has 4 rings (SSSR count). The van der Waals surface area contributed by atoms with Crippen molar-refractivity contribution in [1.29, 1.82) is 0 Å². The summed E-state index contributed by atoms with van der Waals surface area (Å²) in [6.07, 6.45) is -2.60. The smallest absolute Gasteiger partial charge is 0.398 e. The van der Waals surface area contributed by atoms with Gasteiger partial charge in [0.1, 0.15) is 0 Å². The van der Waals surface area contributed by atoms with Crippen molar-refractivity contribution in [3.63, 3.8) is 0 Å². The fraction of sp³-hybridized carbons (Fsp3) is 0.500. The van der Waals surface area contributed by atoms with Crippen LogP contribution in [0.1, 0.15) is 48.2 Å². The summed E-state index contributed by atoms with van der Waals surface area (Å²) in [6, 6.07) is 10.8. The topological polar surface area (TPSA) is 52.8 Å². The van der Waals surface area contributed by atoms with Crippen LogP contribution in [0.4, 0.5) is 18.9 Å². The first-order chi connectivity index (χ1) is 16.5. The van der Waals surface area contributed by atoms with E-state index in [0.717, 1.165) is 50.2 Å². The van der Waals surface area contributed by atoms with E-state index in [-0.39, 0.29) is 17.5 Å². The Bertz CT molecular complexity index is 1030. The van der Waals surface area contributed by atoms with E-state index >= 15 is 0 Å². The first-order valence-electron chi connectivity index (χ1n) is 12.0. The molecule has 2 aliphatic rings. The molecule has 2 aromatic rings. The van der Waals surface area contributed by atoms with E-state index in [1.165, 1.54) is 0 Å². The summed E-state index contributed by atoms with van der Waals surface area (Å²) >= 11 is 6.25. The summed E-state index contributed by atoms with van der Waals surface area (Å²) < 4.78 is 38.5. The van der Waals surface area contributed by atoms with Gasteiger partial charge in [-0.1, -0.05) is 29.8 Å². The normalized spacial score (nSPS) is 21.8. The van der Waals surface area contributed by atoms with Crippen molar-refractivity contribution in [2.45, 2.75) is 51.0 Å². The Hall–Kier alpha value is -2.29. The summed E-state index contributed by atoms with van der Waals surface area (Å²) in [5, 5.41) is 0.376. The third-order valence-corrected chi connectivity index (χ3v) is 7.90. The van der Waals surface area contributed by atoms with Crippen LogP contribution in [0.2, 0.25) is 5.02 Å². The van der Waals surface area contributed by atoms with Crippen LogP contribution in [0.15, 0.2) is 42.5 Å². The third kappa shape index (κ3) is 5.60. The van der Waals surface area contributed by atoms with Gasteiger partial charge in [-0.25, -0.2) is 0 Å². The number of likely N-dealkylation sites (tertiary alicyclic amines) is 1. The van der Waals surface area contributed by atoms with E-state index in [0.29, 0.717) is 35.9 Å². The number of piperazine rings is 1. The largest absolute Gasteiger partial charge is 0.416 e. The number of nitrogen functional groups attached to an aromatic ring is 1. The van der Waals surface area contributed by atoms with Crippen molar-refractivity contribution in [2.75, 3.05) is 38.5 Å². The van der Waals surface area contributed by atoms with Crippen molar-refractivity contribution in [2.24, 2.45) is 0 Å². The molecule has 0 spiro atoms. The summed E-state index contributed by atoms with van der Waals surface area (Å²) in [4.78, 5) is 19.7. The fourth-order valence-electron chi connectivity index (χ4n) is 5.19. The maximum absolute atomic E-state index is 13.1. The van der Waals surface area contributed by atoms with Crippen LogP contribution in [0, 0.1) is 0 Å². The minimum Gasteiger partial charge on any atom is -0.398 e. The van der Waals surface area contributed by atoms with Crippen LogP contribution in [0.3, 0.4) is 0 Å². The maximum atomic E-state index is 13.1. The SMILES string of the molecule is C[C@H]1CN(C2(C)CCN(C(=O)c3c(N)cccc3Cl)CC2)CCN1Cc1ccc(C(F)(F)F)cc1. The van der Waals surface area contributed by atoms with Crippen LogP contribution in [0.25, 0.3) is 0 Å². The average molecular weight is 509 g/mol. The number of carbonyl (C=O) groups is 1. The molecule has 1 atom stereocenters. The van der Waals surface area contributed by atoms with E-state index < -0.39 is 11.7 Å². The number of piperidine rings is 1. The highest BCUT2D eigenvalue weighted by Crippen LogP contribution is 2.33. The number of amides is 1. The van der Waals surface area contributed by atoms with E-state index in [1.54, 1.807) is 30.3 Å². The quantitative estimate of drug-likeness (QED) is 0.581. The second kappa shape index (κ2) is 9.99. The Morgan fingerprint density at radius 3 is 2.31 bits per heavy atom. The number of benzene rings is 2. The first-order valence-corrected chi connectivity index (χ1v) is 12.3. The lowest BCUT2D eigenvalue weighted by molar-refractivity contribution is -0.137. The van der Waals surface area contributed by atoms with Crippen molar-refractivity contribution in [1.82, 2.24) is 14.7 Å². The van der Waals surface area contributed by atoms with Gasteiger partial charge in [-0.15, -0.1) is 0 Å². The number of anilines is 1. The lowest BCUT2D eigenvalue weighted by atomic mass is 9.86. The van der Waals surface area contributed by atoms with Gasteiger partial charge < -0.3 is 10.6 Å². The van der Waals surface area contributed by atoms with Crippen molar-refractivity contribution < 1.29 is 18.0 Å². The molecule has 1 amide bonds. The lowest BCUT2D eigenvalue weighted by Gasteiger charge is -2.51. The molecule has 5 nitrogen and oxygen atoms in total. The standard InChI is InChI=1S/C26H32ClF3N4O/c1-18-16-34(15-14-33(18)17-19-6-8-20(9-7-19)26(28,29)30)25(2)10-12-32(13-11-25)24(35)23-21(27)4-3-5-22(23)31/h3-9,18H,10-17,31H2,1-2H3/t18-/m0/s1. The molecule has 0 aliphatic carbocycles. The molecule has 0 radical (unpaired) electrons. The second-order valence-corrected chi connectivity index (χ2v) is 10.4. The summed E-state index contributed by atoms with van der Waals surface area (Å²) in [5.41, 5.74) is 7.04. The highest BCUT2D eigenvalue weighted by atomic mass is 35.5. The molecule has 2 fully saturated rings. The van der Waals surface area contributed by atoms with Crippen LogP contribution >= 0.6 is 11.6 Å². The average Bonchev–Trinajstić information content (AvgIpc) is 2.80.